The number of nitrogens with zero attached hydrogens (tertiary/aromatic N) is 1. The second kappa shape index (κ2) is 8.74. The van der Waals surface area contributed by atoms with Crippen LogP contribution in [0.3, 0.4) is 0 Å². The zero-order valence-electron chi connectivity index (χ0n) is 16.7. The normalized spacial score (nSPS) is 20.7. The van der Waals surface area contributed by atoms with Gasteiger partial charge in [0.05, 0.1) is 5.56 Å². The van der Waals surface area contributed by atoms with Crippen LogP contribution in [0.1, 0.15) is 66.1 Å². The van der Waals surface area contributed by atoms with Gasteiger partial charge in [0.25, 0.3) is 0 Å². The van der Waals surface area contributed by atoms with Gasteiger partial charge >= 0.3 is 5.97 Å². The van der Waals surface area contributed by atoms with Gasteiger partial charge in [-0.05, 0) is 80.5 Å². The molecule has 160 valence electrons. The third-order valence-corrected chi connectivity index (χ3v) is 6.40. The summed E-state index contributed by atoms with van der Waals surface area (Å²) in [6.45, 7) is 3.73. The third kappa shape index (κ3) is 4.74. The Morgan fingerprint density at radius 3 is 2.50 bits per heavy atom. The van der Waals surface area contributed by atoms with E-state index in [0.29, 0.717) is 22.3 Å². The van der Waals surface area contributed by atoms with E-state index in [2.05, 4.69) is 11.8 Å². The molecule has 2 aliphatic rings. The molecule has 1 aliphatic carbocycles. The first-order valence-electron chi connectivity index (χ1n) is 10.2. The minimum absolute atomic E-state index is 0.0940. The van der Waals surface area contributed by atoms with Gasteiger partial charge < -0.3 is 9.84 Å². The van der Waals surface area contributed by atoms with Crippen LogP contribution in [0.5, 0.6) is 5.75 Å². The van der Waals surface area contributed by atoms with E-state index in [4.69, 9.17) is 27.9 Å². The molecule has 0 aromatic heterocycles. The van der Waals surface area contributed by atoms with E-state index < -0.39 is 11.8 Å². The van der Waals surface area contributed by atoms with Gasteiger partial charge in [0.1, 0.15) is 17.7 Å². The molecule has 0 bridgehead atoms. The molecule has 0 amide bonds. The summed E-state index contributed by atoms with van der Waals surface area (Å²) < 4.78 is 20.6. The Hall–Kier alpha value is -1.82. The second-order valence-electron chi connectivity index (χ2n) is 8.21. The molecule has 4 nitrogen and oxygen atoms in total. The fourth-order valence-electron chi connectivity index (χ4n) is 4.17. The van der Waals surface area contributed by atoms with E-state index in [0.717, 1.165) is 43.4 Å². The number of ether oxygens (including phenoxy) is 1. The minimum atomic E-state index is -1.25. The molecule has 2 aromatic carbocycles. The summed E-state index contributed by atoms with van der Waals surface area (Å²) in [5, 5.41) is 10.5. The molecular formula is C23H24Cl2FNO3. The molecule has 2 aromatic rings. The standard InChI is InChI=1S/C23H24Cl2FNO3/c1-13(15-7-16(24)9-17(25)8-15)27-6-2-3-18(12-27)30-22-11-21(26)20(23(28)29)10-19(22)14-4-5-14/h7-11,13-14,18H,2-6,12H2,1H3,(H,28,29)/t13-,18?/m1/s1. The van der Waals surface area contributed by atoms with Gasteiger partial charge in [-0.2, -0.15) is 0 Å². The Bertz CT molecular complexity index is 943. The number of carbonyl (C=O) groups is 1. The van der Waals surface area contributed by atoms with Crippen LogP contribution in [0.2, 0.25) is 10.0 Å². The van der Waals surface area contributed by atoms with Crippen molar-refractivity contribution in [2.45, 2.75) is 50.7 Å². The number of rotatable bonds is 6. The third-order valence-electron chi connectivity index (χ3n) is 5.97. The minimum Gasteiger partial charge on any atom is -0.489 e. The second-order valence-corrected chi connectivity index (χ2v) is 9.08. The van der Waals surface area contributed by atoms with Crippen LogP contribution < -0.4 is 4.74 Å². The zero-order chi connectivity index (χ0) is 21.4. The largest absolute Gasteiger partial charge is 0.489 e. The lowest BCUT2D eigenvalue weighted by Crippen LogP contribution is -2.42. The van der Waals surface area contributed by atoms with Crippen LogP contribution in [0.4, 0.5) is 4.39 Å². The van der Waals surface area contributed by atoms with E-state index in [1.165, 1.54) is 12.1 Å². The number of hydrogen-bond acceptors (Lipinski definition) is 3. The van der Waals surface area contributed by atoms with Crippen molar-refractivity contribution in [3.8, 4) is 5.75 Å². The zero-order valence-corrected chi connectivity index (χ0v) is 18.2. The SMILES string of the molecule is C[C@H](c1cc(Cl)cc(Cl)c1)N1CCCC(Oc2cc(F)c(C(=O)O)cc2C2CC2)C1. The van der Waals surface area contributed by atoms with E-state index in [9.17, 15) is 14.3 Å². The Kier molecular flexibility index (Phi) is 6.24. The van der Waals surface area contributed by atoms with Gasteiger partial charge in [-0.15, -0.1) is 0 Å². The van der Waals surface area contributed by atoms with Gasteiger partial charge in [-0.1, -0.05) is 23.2 Å². The van der Waals surface area contributed by atoms with E-state index >= 15 is 0 Å². The number of aromatic carboxylic acids is 1. The van der Waals surface area contributed by atoms with Gasteiger partial charge in [0, 0.05) is 28.7 Å². The predicted octanol–water partition coefficient (Wildman–Crippen LogP) is 6.31. The van der Waals surface area contributed by atoms with Gasteiger partial charge in [-0.3, -0.25) is 4.90 Å². The maximum Gasteiger partial charge on any atom is 0.338 e. The van der Waals surface area contributed by atoms with Crippen LogP contribution in [0, 0.1) is 5.82 Å². The van der Waals surface area contributed by atoms with Crippen LogP contribution >= 0.6 is 23.2 Å². The van der Waals surface area contributed by atoms with Crippen molar-refractivity contribution in [2.75, 3.05) is 13.1 Å². The molecule has 1 saturated heterocycles. The molecule has 30 heavy (non-hydrogen) atoms. The summed E-state index contributed by atoms with van der Waals surface area (Å²) in [4.78, 5) is 13.6. The number of carboxylic acid groups (broad SMARTS) is 1. The van der Waals surface area contributed by atoms with Crippen molar-refractivity contribution in [3.63, 3.8) is 0 Å². The first kappa shape index (κ1) is 21.4. The molecule has 7 heteroatoms. The molecule has 4 rings (SSSR count). The molecule has 2 fully saturated rings. The summed E-state index contributed by atoms with van der Waals surface area (Å²) in [5.41, 5.74) is 1.56. The average Bonchev–Trinajstić information content (AvgIpc) is 3.52. The highest BCUT2D eigenvalue weighted by atomic mass is 35.5. The summed E-state index contributed by atoms with van der Waals surface area (Å²) in [6, 6.07) is 8.37. The van der Waals surface area contributed by atoms with Crippen molar-refractivity contribution in [1.82, 2.24) is 4.90 Å². The monoisotopic (exact) mass is 451 g/mol. The van der Waals surface area contributed by atoms with Gasteiger partial charge in [0.2, 0.25) is 0 Å². The van der Waals surface area contributed by atoms with Crippen molar-refractivity contribution in [1.29, 1.82) is 0 Å². The van der Waals surface area contributed by atoms with Crippen molar-refractivity contribution >= 4 is 29.2 Å². The Balaban J connectivity index is 1.52. The lowest BCUT2D eigenvalue weighted by molar-refractivity contribution is 0.0647. The number of halogens is 3. The smallest absolute Gasteiger partial charge is 0.338 e. The number of piperidine rings is 1. The quantitative estimate of drug-likeness (QED) is 0.558. The highest BCUT2D eigenvalue weighted by Gasteiger charge is 2.32. The topological polar surface area (TPSA) is 49.8 Å². The average molecular weight is 452 g/mol. The number of likely N-dealkylation sites (tertiary alicyclic amines) is 1. The van der Waals surface area contributed by atoms with Crippen LogP contribution in [0.15, 0.2) is 30.3 Å². The molecule has 1 saturated carbocycles. The van der Waals surface area contributed by atoms with E-state index in [1.807, 2.05) is 12.1 Å². The summed E-state index contributed by atoms with van der Waals surface area (Å²) in [6.07, 6.45) is 3.68. The van der Waals surface area contributed by atoms with Crippen molar-refractivity contribution in [2.24, 2.45) is 0 Å². The fraction of sp³-hybridized carbons (Fsp3) is 0.435. The first-order chi connectivity index (χ1) is 14.3. The molecule has 0 radical (unpaired) electrons. The van der Waals surface area contributed by atoms with Crippen LogP contribution in [0.25, 0.3) is 0 Å². The molecule has 1 N–H and O–H groups in total. The van der Waals surface area contributed by atoms with Gasteiger partial charge in [0.15, 0.2) is 0 Å². The van der Waals surface area contributed by atoms with E-state index in [1.54, 1.807) is 6.07 Å². The summed E-state index contributed by atoms with van der Waals surface area (Å²) in [7, 11) is 0. The molecule has 0 spiro atoms. The highest BCUT2D eigenvalue weighted by Crippen LogP contribution is 2.45. The van der Waals surface area contributed by atoms with Crippen LogP contribution in [-0.2, 0) is 0 Å². The molecule has 2 atom stereocenters. The summed E-state index contributed by atoms with van der Waals surface area (Å²) in [5.74, 6) is -1.27. The lowest BCUT2D eigenvalue weighted by Gasteiger charge is -2.37. The lowest BCUT2D eigenvalue weighted by atomic mass is 10.0. The van der Waals surface area contributed by atoms with E-state index in [-0.39, 0.29) is 23.6 Å². The summed E-state index contributed by atoms with van der Waals surface area (Å²) >= 11 is 12.3. The van der Waals surface area contributed by atoms with Crippen molar-refractivity contribution in [3.05, 3.63) is 62.9 Å². The molecule has 1 heterocycles. The Morgan fingerprint density at radius 1 is 1.17 bits per heavy atom. The first-order valence-corrected chi connectivity index (χ1v) is 11.0. The predicted molar refractivity (Wildman–Crippen MR) is 115 cm³/mol. The van der Waals surface area contributed by atoms with Crippen molar-refractivity contribution < 1.29 is 19.0 Å². The molecule has 1 unspecified atom stereocenters. The number of benzene rings is 2. The molecular weight excluding hydrogens is 428 g/mol. The molecule has 1 aliphatic heterocycles. The Labute approximate surface area is 185 Å². The number of hydrogen-bond donors (Lipinski definition) is 1. The fourth-order valence-corrected chi connectivity index (χ4v) is 4.71. The number of carboxylic acids is 1. The maximum absolute atomic E-state index is 14.3. The maximum atomic E-state index is 14.3. The van der Waals surface area contributed by atoms with Crippen LogP contribution in [-0.4, -0.2) is 35.2 Å². The Morgan fingerprint density at radius 2 is 1.87 bits per heavy atom. The van der Waals surface area contributed by atoms with Gasteiger partial charge in [-0.25, -0.2) is 9.18 Å². The highest BCUT2D eigenvalue weighted by molar-refractivity contribution is 6.34.